The number of H-pyrrole nitrogens is 1. The van der Waals surface area contributed by atoms with Crippen molar-refractivity contribution in [3.05, 3.63) is 47.7 Å². The quantitative estimate of drug-likeness (QED) is 0.221. The van der Waals surface area contributed by atoms with Gasteiger partial charge in [0.05, 0.1) is 34.1 Å². The van der Waals surface area contributed by atoms with E-state index in [-0.39, 0.29) is 40.3 Å². The van der Waals surface area contributed by atoms with Crippen molar-refractivity contribution in [1.29, 1.82) is 0 Å². The SMILES string of the molecule is CC1(C)O[C@@H]2[C@@H](CNC3CC(CCc4nc5ccc(C(C)(C)C)cc5[nH]4)C3)C[C@@H](n3cc(C(F)(F)F)c4c(N)ncnc43)[C@@H]2O1. The molecule has 0 unspecified atom stereocenters. The van der Waals surface area contributed by atoms with Crippen molar-refractivity contribution in [2.75, 3.05) is 12.3 Å². The lowest BCUT2D eigenvalue weighted by Crippen LogP contribution is -2.44. The standard InChI is InChI=1S/C33H42F3N7O2/c1-31(2,3)19-7-8-22-23(13-19)42-25(41-22)9-6-17-10-20(11-17)38-14-18-12-24(28-27(18)44-32(4,5)45-28)43-15-21(33(34,35)36)26-29(37)39-16-40-30(26)43/h7-8,13,15-18,20,24,27-28,38H,6,9-12,14H2,1-5H3,(H,41,42)(H2,37,39,40)/t17?,18-,20?,24-,27-,28+/m1/s1. The fourth-order valence-electron chi connectivity index (χ4n) is 7.55. The highest BCUT2D eigenvalue weighted by Gasteiger charge is 2.55. The molecule has 1 saturated heterocycles. The number of nitrogens with one attached hydrogen (secondary N) is 2. The topological polar surface area (TPSA) is 116 Å². The molecule has 3 fully saturated rings. The fraction of sp³-hybridized carbons (Fsp3) is 0.606. The van der Waals surface area contributed by atoms with E-state index in [4.69, 9.17) is 20.2 Å². The lowest BCUT2D eigenvalue weighted by atomic mass is 9.77. The Morgan fingerprint density at radius 3 is 2.58 bits per heavy atom. The molecule has 4 N–H and O–H groups in total. The van der Waals surface area contributed by atoms with Crippen molar-refractivity contribution in [1.82, 2.24) is 29.8 Å². The van der Waals surface area contributed by atoms with Crippen LogP contribution in [0.3, 0.4) is 0 Å². The molecule has 0 spiro atoms. The Bertz CT molecular complexity index is 1720. The van der Waals surface area contributed by atoms with Crippen LogP contribution in [0.4, 0.5) is 19.0 Å². The summed E-state index contributed by atoms with van der Waals surface area (Å²) in [5, 5.41) is 3.56. The fourth-order valence-corrected chi connectivity index (χ4v) is 7.55. The maximum Gasteiger partial charge on any atom is 0.418 e. The van der Waals surface area contributed by atoms with Gasteiger partial charge in [0.25, 0.3) is 0 Å². The third-order valence-corrected chi connectivity index (χ3v) is 9.94. The number of imidazole rings is 1. The van der Waals surface area contributed by atoms with Crippen LogP contribution in [0.5, 0.6) is 0 Å². The zero-order valence-electron chi connectivity index (χ0n) is 26.4. The Morgan fingerprint density at radius 2 is 1.84 bits per heavy atom. The Balaban J connectivity index is 0.982. The summed E-state index contributed by atoms with van der Waals surface area (Å²) in [4.78, 5) is 16.4. The van der Waals surface area contributed by atoms with E-state index in [0.717, 1.165) is 48.7 Å². The summed E-state index contributed by atoms with van der Waals surface area (Å²) in [5.41, 5.74) is 8.75. The summed E-state index contributed by atoms with van der Waals surface area (Å²) >= 11 is 0. The van der Waals surface area contributed by atoms with E-state index in [1.54, 1.807) is 4.57 Å². The number of nitrogens with zero attached hydrogens (tertiary/aromatic N) is 4. The number of halogens is 3. The van der Waals surface area contributed by atoms with E-state index in [0.29, 0.717) is 24.9 Å². The molecule has 45 heavy (non-hydrogen) atoms. The zero-order chi connectivity index (χ0) is 31.9. The van der Waals surface area contributed by atoms with Gasteiger partial charge in [0.1, 0.15) is 29.7 Å². The molecule has 2 saturated carbocycles. The number of aromatic nitrogens is 5. The molecule has 4 aromatic rings. The first kappa shape index (κ1) is 30.4. The average molecular weight is 626 g/mol. The second-order valence-electron chi connectivity index (χ2n) is 14.7. The van der Waals surface area contributed by atoms with Crippen LogP contribution in [0.1, 0.15) is 83.3 Å². The molecule has 0 bridgehead atoms. The number of hydrogen-bond donors (Lipinski definition) is 3. The zero-order valence-corrected chi connectivity index (χ0v) is 26.4. The number of ether oxygens (including phenoxy) is 2. The number of fused-ring (bicyclic) bond motifs is 3. The van der Waals surface area contributed by atoms with Crippen molar-refractivity contribution in [2.45, 2.75) is 108 Å². The molecule has 2 aliphatic carbocycles. The first-order chi connectivity index (χ1) is 21.2. The Kier molecular flexibility index (Phi) is 7.21. The number of aromatic amines is 1. The van der Waals surface area contributed by atoms with Gasteiger partial charge >= 0.3 is 6.18 Å². The smallest absolute Gasteiger partial charge is 0.383 e. The molecule has 0 amide bonds. The summed E-state index contributed by atoms with van der Waals surface area (Å²) in [5.74, 6) is 0.724. The van der Waals surface area contributed by atoms with Crippen LogP contribution in [0, 0.1) is 11.8 Å². The van der Waals surface area contributed by atoms with E-state index in [9.17, 15) is 13.2 Å². The minimum absolute atomic E-state index is 0.0698. The second kappa shape index (κ2) is 10.7. The molecule has 9 nitrogen and oxygen atoms in total. The van der Waals surface area contributed by atoms with Crippen molar-refractivity contribution in [3.8, 4) is 0 Å². The molecule has 7 rings (SSSR count). The third kappa shape index (κ3) is 5.69. The van der Waals surface area contributed by atoms with Crippen LogP contribution >= 0.6 is 0 Å². The van der Waals surface area contributed by atoms with Gasteiger partial charge in [0, 0.05) is 31.1 Å². The molecule has 0 radical (unpaired) electrons. The number of nitrogen functional groups attached to an aromatic ring is 1. The van der Waals surface area contributed by atoms with Gasteiger partial charge in [0.2, 0.25) is 0 Å². The summed E-state index contributed by atoms with van der Waals surface area (Å²) in [6.07, 6.45) is 1.87. The van der Waals surface area contributed by atoms with Gasteiger partial charge in [-0.1, -0.05) is 26.8 Å². The van der Waals surface area contributed by atoms with E-state index in [1.165, 1.54) is 11.9 Å². The highest BCUT2D eigenvalue weighted by Crippen LogP contribution is 2.49. The Morgan fingerprint density at radius 1 is 1.09 bits per heavy atom. The molecule has 4 atom stereocenters. The first-order valence-electron chi connectivity index (χ1n) is 15.9. The number of aryl methyl sites for hydroxylation is 1. The van der Waals surface area contributed by atoms with Crippen molar-refractivity contribution in [2.24, 2.45) is 11.8 Å². The van der Waals surface area contributed by atoms with Crippen LogP contribution in [0.25, 0.3) is 22.1 Å². The lowest BCUT2D eigenvalue weighted by Gasteiger charge is -2.37. The van der Waals surface area contributed by atoms with Gasteiger partial charge in [-0.05, 0) is 68.6 Å². The molecule has 1 aromatic carbocycles. The number of nitrogens with two attached hydrogens (primary N) is 1. The molecule has 3 aliphatic rings. The summed E-state index contributed by atoms with van der Waals surface area (Å²) in [7, 11) is 0. The molecular weight excluding hydrogens is 583 g/mol. The second-order valence-corrected chi connectivity index (χ2v) is 14.7. The molecule has 12 heteroatoms. The van der Waals surface area contributed by atoms with Gasteiger partial charge in [-0.15, -0.1) is 0 Å². The van der Waals surface area contributed by atoms with E-state index < -0.39 is 23.6 Å². The van der Waals surface area contributed by atoms with E-state index in [2.05, 4.69) is 59.2 Å². The molecule has 242 valence electrons. The minimum Gasteiger partial charge on any atom is -0.383 e. The van der Waals surface area contributed by atoms with Crippen LogP contribution in [-0.2, 0) is 27.5 Å². The van der Waals surface area contributed by atoms with Crippen molar-refractivity contribution < 1.29 is 22.6 Å². The largest absolute Gasteiger partial charge is 0.418 e. The van der Waals surface area contributed by atoms with Crippen LogP contribution < -0.4 is 11.1 Å². The maximum absolute atomic E-state index is 14.0. The summed E-state index contributed by atoms with van der Waals surface area (Å²) < 4.78 is 56.2. The van der Waals surface area contributed by atoms with Crippen LogP contribution in [-0.4, -0.2) is 55.1 Å². The maximum atomic E-state index is 14.0. The molecular formula is C33H42F3N7O2. The lowest BCUT2D eigenvalue weighted by molar-refractivity contribution is -0.160. The molecule has 4 heterocycles. The Hall–Kier alpha value is -3.22. The average Bonchev–Trinajstić information content (AvgIpc) is 3.66. The van der Waals surface area contributed by atoms with Crippen LogP contribution in [0.2, 0.25) is 0 Å². The van der Waals surface area contributed by atoms with E-state index >= 15 is 0 Å². The Labute approximate surface area is 260 Å². The highest BCUT2D eigenvalue weighted by atomic mass is 19.4. The highest BCUT2D eigenvalue weighted by molar-refractivity contribution is 5.90. The monoisotopic (exact) mass is 625 g/mol. The van der Waals surface area contributed by atoms with Gasteiger partial charge < -0.3 is 30.1 Å². The van der Waals surface area contributed by atoms with Gasteiger partial charge in [-0.3, -0.25) is 0 Å². The number of alkyl halides is 3. The van der Waals surface area contributed by atoms with Gasteiger partial charge in [-0.25, -0.2) is 15.0 Å². The molecule has 3 aromatic heterocycles. The predicted molar refractivity (Wildman–Crippen MR) is 166 cm³/mol. The van der Waals surface area contributed by atoms with Crippen molar-refractivity contribution in [3.63, 3.8) is 0 Å². The van der Waals surface area contributed by atoms with Crippen LogP contribution in [0.15, 0.2) is 30.7 Å². The van der Waals surface area contributed by atoms with Gasteiger partial charge in [0.15, 0.2) is 5.79 Å². The normalized spacial score (nSPS) is 28.2. The summed E-state index contributed by atoms with van der Waals surface area (Å²) in [6.45, 7) is 11.1. The van der Waals surface area contributed by atoms with E-state index in [1.807, 2.05) is 13.8 Å². The third-order valence-electron chi connectivity index (χ3n) is 9.94. The summed E-state index contributed by atoms with van der Waals surface area (Å²) in [6, 6.07) is 6.51. The number of hydrogen-bond acceptors (Lipinski definition) is 7. The number of rotatable bonds is 7. The molecule has 1 aliphatic heterocycles. The number of benzene rings is 1. The minimum atomic E-state index is -4.59. The van der Waals surface area contributed by atoms with Crippen molar-refractivity contribution >= 4 is 27.9 Å². The van der Waals surface area contributed by atoms with Gasteiger partial charge in [-0.2, -0.15) is 13.2 Å². The first-order valence-corrected chi connectivity index (χ1v) is 15.9. The number of anilines is 1. The predicted octanol–water partition coefficient (Wildman–Crippen LogP) is 6.29.